The van der Waals surface area contributed by atoms with Gasteiger partial charge in [-0.15, -0.1) is 10.2 Å². The van der Waals surface area contributed by atoms with E-state index in [0.29, 0.717) is 29.9 Å². The third-order valence-corrected chi connectivity index (χ3v) is 2.41. The Morgan fingerprint density at radius 2 is 2.10 bits per heavy atom. The molecule has 1 aromatic carbocycles. The first-order valence-corrected chi connectivity index (χ1v) is 6.02. The monoisotopic (exact) mass is 278 g/mol. The molecule has 7 heteroatoms. The minimum absolute atomic E-state index is 0.0906. The lowest BCUT2D eigenvalue weighted by molar-refractivity contribution is 0.0696. The van der Waals surface area contributed by atoms with Crippen molar-refractivity contribution in [3.8, 4) is 11.5 Å². The first-order valence-electron chi connectivity index (χ1n) is 6.02. The predicted octanol–water partition coefficient (Wildman–Crippen LogP) is 2.05. The van der Waals surface area contributed by atoms with Crippen LogP contribution in [0.1, 0.15) is 29.1 Å². The van der Waals surface area contributed by atoms with Crippen molar-refractivity contribution in [1.82, 2.24) is 10.2 Å². The molecule has 2 rings (SSSR count). The molecule has 1 heterocycles. The lowest BCUT2D eigenvalue weighted by Crippen LogP contribution is -2.02. The molecule has 106 valence electrons. The molecule has 0 aliphatic carbocycles. The molecular weight excluding hydrogens is 264 g/mol. The molecule has 0 saturated heterocycles. The van der Waals surface area contributed by atoms with E-state index in [1.54, 1.807) is 13.8 Å². The normalized spacial score (nSPS) is 10.3. The quantitative estimate of drug-likeness (QED) is 0.863. The molecule has 1 aromatic heterocycles. The Labute approximate surface area is 115 Å². The van der Waals surface area contributed by atoms with Crippen molar-refractivity contribution in [1.29, 1.82) is 0 Å². The van der Waals surface area contributed by atoms with Gasteiger partial charge in [0, 0.05) is 6.92 Å². The van der Waals surface area contributed by atoms with Crippen LogP contribution in [-0.4, -0.2) is 27.9 Å². The summed E-state index contributed by atoms with van der Waals surface area (Å²) in [7, 11) is 0. The lowest BCUT2D eigenvalue weighted by Gasteiger charge is -2.11. The van der Waals surface area contributed by atoms with Crippen molar-refractivity contribution in [3.05, 3.63) is 35.5 Å². The highest BCUT2D eigenvalue weighted by Gasteiger charge is 2.12. The van der Waals surface area contributed by atoms with Crippen LogP contribution < -0.4 is 9.47 Å². The summed E-state index contributed by atoms with van der Waals surface area (Å²) in [6.07, 6.45) is 0. The third-order valence-electron chi connectivity index (χ3n) is 2.41. The number of carboxylic acids is 1. The second kappa shape index (κ2) is 6.05. The minimum Gasteiger partial charge on any atom is -0.490 e. The fraction of sp³-hybridized carbons (Fsp3) is 0.308. The van der Waals surface area contributed by atoms with E-state index < -0.39 is 5.97 Å². The lowest BCUT2D eigenvalue weighted by atomic mass is 10.2. The zero-order valence-corrected chi connectivity index (χ0v) is 11.1. The number of aryl methyl sites for hydroxylation is 1. The standard InChI is InChI=1S/C13H14N2O5/c1-3-18-11-6-9(13(16)17)4-5-10(11)19-7-12-15-14-8(2)20-12/h4-6H,3,7H2,1-2H3,(H,16,17). The van der Waals surface area contributed by atoms with E-state index in [1.165, 1.54) is 18.2 Å². The van der Waals surface area contributed by atoms with Crippen molar-refractivity contribution in [2.24, 2.45) is 0 Å². The summed E-state index contributed by atoms with van der Waals surface area (Å²) < 4.78 is 16.1. The molecule has 1 N–H and O–H groups in total. The van der Waals surface area contributed by atoms with Gasteiger partial charge in [-0.2, -0.15) is 0 Å². The largest absolute Gasteiger partial charge is 0.490 e. The maximum absolute atomic E-state index is 10.9. The van der Waals surface area contributed by atoms with Crippen molar-refractivity contribution in [2.45, 2.75) is 20.5 Å². The van der Waals surface area contributed by atoms with Crippen LogP contribution in [0.3, 0.4) is 0 Å². The Morgan fingerprint density at radius 3 is 2.70 bits per heavy atom. The van der Waals surface area contributed by atoms with E-state index in [1.807, 2.05) is 0 Å². The highest BCUT2D eigenvalue weighted by Crippen LogP contribution is 2.29. The smallest absolute Gasteiger partial charge is 0.335 e. The van der Waals surface area contributed by atoms with Gasteiger partial charge < -0.3 is 19.0 Å². The summed E-state index contributed by atoms with van der Waals surface area (Å²) in [5, 5.41) is 16.4. The number of hydrogen-bond donors (Lipinski definition) is 1. The topological polar surface area (TPSA) is 94.7 Å². The predicted molar refractivity (Wildman–Crippen MR) is 67.9 cm³/mol. The molecule has 0 spiro atoms. The third kappa shape index (κ3) is 3.25. The van der Waals surface area contributed by atoms with Crippen LogP contribution >= 0.6 is 0 Å². The van der Waals surface area contributed by atoms with Crippen LogP contribution in [0.15, 0.2) is 22.6 Å². The summed E-state index contributed by atoms with van der Waals surface area (Å²) in [6, 6.07) is 4.40. The summed E-state index contributed by atoms with van der Waals surface area (Å²) >= 11 is 0. The second-order valence-electron chi connectivity index (χ2n) is 3.90. The highest BCUT2D eigenvalue weighted by atomic mass is 16.5. The van der Waals surface area contributed by atoms with E-state index >= 15 is 0 Å². The molecule has 7 nitrogen and oxygen atoms in total. The average Bonchev–Trinajstić information content (AvgIpc) is 2.83. The summed E-state index contributed by atoms with van der Waals surface area (Å²) in [5.41, 5.74) is 0.134. The zero-order valence-electron chi connectivity index (χ0n) is 11.1. The summed E-state index contributed by atoms with van der Waals surface area (Å²) in [6.45, 7) is 3.98. The zero-order chi connectivity index (χ0) is 14.5. The van der Waals surface area contributed by atoms with Crippen LogP contribution in [0.5, 0.6) is 11.5 Å². The van der Waals surface area contributed by atoms with Gasteiger partial charge in [-0.3, -0.25) is 0 Å². The number of benzene rings is 1. The first-order chi connectivity index (χ1) is 9.60. The van der Waals surface area contributed by atoms with Crippen molar-refractivity contribution < 1.29 is 23.8 Å². The Bertz CT molecular complexity index is 609. The van der Waals surface area contributed by atoms with E-state index in [0.717, 1.165) is 0 Å². The fourth-order valence-corrected chi connectivity index (χ4v) is 1.56. The van der Waals surface area contributed by atoms with Gasteiger partial charge in [0.2, 0.25) is 5.89 Å². The van der Waals surface area contributed by atoms with Gasteiger partial charge in [-0.05, 0) is 25.1 Å². The molecule has 0 aliphatic rings. The van der Waals surface area contributed by atoms with Crippen LogP contribution in [0.2, 0.25) is 0 Å². The van der Waals surface area contributed by atoms with Gasteiger partial charge in [-0.25, -0.2) is 4.79 Å². The first kappa shape index (κ1) is 13.9. The van der Waals surface area contributed by atoms with E-state index in [4.69, 9.17) is 19.0 Å². The van der Waals surface area contributed by atoms with Crippen LogP contribution in [0.25, 0.3) is 0 Å². The number of hydrogen-bond acceptors (Lipinski definition) is 6. The van der Waals surface area contributed by atoms with E-state index in [-0.39, 0.29) is 12.2 Å². The maximum Gasteiger partial charge on any atom is 0.335 e. The Morgan fingerprint density at radius 1 is 1.30 bits per heavy atom. The Kier molecular flexibility index (Phi) is 4.19. The molecule has 0 amide bonds. The molecule has 0 saturated carbocycles. The minimum atomic E-state index is -1.02. The number of aromatic carboxylic acids is 1. The van der Waals surface area contributed by atoms with Crippen LogP contribution in [-0.2, 0) is 6.61 Å². The molecule has 0 bridgehead atoms. The average molecular weight is 278 g/mol. The van der Waals surface area contributed by atoms with Gasteiger partial charge in [-0.1, -0.05) is 0 Å². The fourth-order valence-electron chi connectivity index (χ4n) is 1.56. The summed E-state index contributed by atoms with van der Waals surface area (Å²) in [5.74, 6) is 0.559. The van der Waals surface area contributed by atoms with Crippen molar-refractivity contribution >= 4 is 5.97 Å². The summed E-state index contributed by atoms with van der Waals surface area (Å²) in [4.78, 5) is 10.9. The van der Waals surface area contributed by atoms with Crippen molar-refractivity contribution in [2.75, 3.05) is 6.61 Å². The molecule has 0 unspecified atom stereocenters. The van der Waals surface area contributed by atoms with E-state index in [9.17, 15) is 4.79 Å². The van der Waals surface area contributed by atoms with E-state index in [2.05, 4.69) is 10.2 Å². The number of aromatic nitrogens is 2. The van der Waals surface area contributed by atoms with Crippen LogP contribution in [0.4, 0.5) is 0 Å². The maximum atomic E-state index is 10.9. The van der Waals surface area contributed by atoms with Gasteiger partial charge in [0.25, 0.3) is 5.89 Å². The van der Waals surface area contributed by atoms with Gasteiger partial charge in [0.05, 0.1) is 12.2 Å². The van der Waals surface area contributed by atoms with Gasteiger partial charge >= 0.3 is 5.97 Å². The molecule has 20 heavy (non-hydrogen) atoms. The number of nitrogens with zero attached hydrogens (tertiary/aromatic N) is 2. The number of carboxylic acid groups (broad SMARTS) is 1. The molecule has 0 atom stereocenters. The van der Waals surface area contributed by atoms with Crippen molar-refractivity contribution in [3.63, 3.8) is 0 Å². The number of carbonyl (C=O) groups is 1. The molecule has 0 fully saturated rings. The number of ether oxygens (including phenoxy) is 2. The molecular formula is C13H14N2O5. The highest BCUT2D eigenvalue weighted by molar-refractivity contribution is 5.88. The van der Waals surface area contributed by atoms with Gasteiger partial charge in [0.15, 0.2) is 18.1 Å². The number of rotatable bonds is 6. The second-order valence-corrected chi connectivity index (χ2v) is 3.90. The van der Waals surface area contributed by atoms with Gasteiger partial charge in [0.1, 0.15) is 0 Å². The molecule has 0 radical (unpaired) electrons. The Hall–Kier alpha value is -2.57. The molecule has 0 aliphatic heterocycles. The SMILES string of the molecule is CCOc1cc(C(=O)O)ccc1OCc1nnc(C)o1. The molecule has 2 aromatic rings. The Balaban J connectivity index is 2.15. The van der Waals surface area contributed by atoms with Crippen LogP contribution in [0, 0.1) is 6.92 Å².